The normalized spacial score (nSPS) is 31.4. The molecule has 4 unspecified atom stereocenters. The van der Waals surface area contributed by atoms with Gasteiger partial charge in [0.05, 0.1) is 17.5 Å². The van der Waals surface area contributed by atoms with Gasteiger partial charge in [-0.05, 0) is 30.4 Å². The summed E-state index contributed by atoms with van der Waals surface area (Å²) < 4.78 is 0. The number of rotatable bonds is 1. The molecule has 2 aliphatic carbocycles. The van der Waals surface area contributed by atoms with Gasteiger partial charge in [0.1, 0.15) is 5.75 Å². The number of phenolic OH excluding ortho intramolecular Hbond substituents is 1. The molecule has 5 rings (SSSR count). The van der Waals surface area contributed by atoms with Gasteiger partial charge in [0, 0.05) is 10.8 Å². The standard InChI is InChI=1S/C19H15NO3/c21-15-8-7-14(12-3-1-2-4-13(12)15)20-18(22)16-10-5-6-11(9-10)17(16)19(20)23/h1-8,10-11,16-17,21H,9H2. The molecule has 2 amide bonds. The van der Waals surface area contributed by atoms with Crippen LogP contribution in [0.15, 0.2) is 48.6 Å². The minimum atomic E-state index is -0.204. The first-order valence-corrected chi connectivity index (χ1v) is 7.93. The summed E-state index contributed by atoms with van der Waals surface area (Å²) in [5, 5.41) is 11.4. The van der Waals surface area contributed by atoms with Gasteiger partial charge in [-0.15, -0.1) is 0 Å². The van der Waals surface area contributed by atoms with Crippen molar-refractivity contribution in [1.29, 1.82) is 0 Å². The zero-order valence-electron chi connectivity index (χ0n) is 12.3. The molecule has 0 spiro atoms. The second-order valence-corrected chi connectivity index (χ2v) is 6.66. The Kier molecular flexibility index (Phi) is 2.36. The van der Waals surface area contributed by atoms with Gasteiger partial charge in [0.2, 0.25) is 11.8 Å². The molecule has 1 aliphatic heterocycles. The Morgan fingerprint density at radius 2 is 1.48 bits per heavy atom. The first kappa shape index (κ1) is 12.9. The SMILES string of the molecule is O=C1C2C3C=CC(C3)C2C(=O)N1c1ccc(O)c2ccccc12. The number of aromatic hydroxyl groups is 1. The predicted octanol–water partition coefficient (Wildman–Crippen LogP) is 2.86. The summed E-state index contributed by atoms with van der Waals surface area (Å²) in [4.78, 5) is 27.2. The Labute approximate surface area is 133 Å². The third kappa shape index (κ3) is 1.50. The third-order valence-corrected chi connectivity index (χ3v) is 5.59. The molecular formula is C19H15NO3. The highest BCUT2D eigenvalue weighted by atomic mass is 16.3. The van der Waals surface area contributed by atoms with Crippen LogP contribution in [-0.2, 0) is 9.59 Å². The Hall–Kier alpha value is -2.62. The van der Waals surface area contributed by atoms with E-state index < -0.39 is 0 Å². The second-order valence-electron chi connectivity index (χ2n) is 6.66. The summed E-state index contributed by atoms with van der Waals surface area (Å²) in [5.74, 6) is -0.0226. The number of benzene rings is 2. The molecule has 0 aromatic heterocycles. The molecule has 2 aromatic carbocycles. The number of fused-ring (bicyclic) bond motifs is 6. The summed E-state index contributed by atoms with van der Waals surface area (Å²) in [7, 11) is 0. The summed E-state index contributed by atoms with van der Waals surface area (Å²) in [5.41, 5.74) is 0.585. The zero-order valence-corrected chi connectivity index (χ0v) is 12.3. The summed E-state index contributed by atoms with van der Waals surface area (Å²) in [6, 6.07) is 10.5. The maximum absolute atomic E-state index is 12.9. The number of allylic oxidation sites excluding steroid dienone is 2. The molecule has 0 radical (unpaired) electrons. The Morgan fingerprint density at radius 1 is 0.870 bits per heavy atom. The number of nitrogens with zero attached hydrogens (tertiary/aromatic N) is 1. The number of anilines is 1. The summed E-state index contributed by atoms with van der Waals surface area (Å²) >= 11 is 0. The van der Waals surface area contributed by atoms with Crippen LogP contribution < -0.4 is 4.90 Å². The van der Waals surface area contributed by atoms with E-state index in [4.69, 9.17) is 0 Å². The van der Waals surface area contributed by atoms with Crippen molar-refractivity contribution in [3.63, 3.8) is 0 Å². The average Bonchev–Trinajstić information content (AvgIpc) is 3.24. The average molecular weight is 305 g/mol. The van der Waals surface area contributed by atoms with Gasteiger partial charge < -0.3 is 5.11 Å². The number of amides is 2. The number of hydrogen-bond donors (Lipinski definition) is 1. The molecule has 114 valence electrons. The van der Waals surface area contributed by atoms with E-state index in [1.165, 1.54) is 4.90 Å². The molecule has 4 atom stereocenters. The highest BCUT2D eigenvalue weighted by Crippen LogP contribution is 2.53. The van der Waals surface area contributed by atoms with Crippen molar-refractivity contribution in [2.75, 3.05) is 4.90 Å². The highest BCUT2D eigenvalue weighted by molar-refractivity contribution is 6.25. The van der Waals surface area contributed by atoms with Gasteiger partial charge in [-0.25, -0.2) is 4.90 Å². The third-order valence-electron chi connectivity index (χ3n) is 5.59. The monoisotopic (exact) mass is 305 g/mol. The van der Waals surface area contributed by atoms with Crippen LogP contribution in [0.5, 0.6) is 5.75 Å². The van der Waals surface area contributed by atoms with E-state index in [1.54, 1.807) is 18.2 Å². The Morgan fingerprint density at radius 3 is 2.13 bits per heavy atom. The van der Waals surface area contributed by atoms with Crippen LogP contribution in [0.1, 0.15) is 6.42 Å². The van der Waals surface area contributed by atoms with E-state index in [2.05, 4.69) is 12.2 Å². The van der Waals surface area contributed by atoms with Crippen LogP contribution in [0.4, 0.5) is 5.69 Å². The molecule has 1 saturated carbocycles. The maximum atomic E-state index is 12.9. The van der Waals surface area contributed by atoms with E-state index in [-0.39, 0.29) is 41.2 Å². The fourth-order valence-electron chi connectivity index (χ4n) is 4.60. The second kappa shape index (κ2) is 4.22. The minimum Gasteiger partial charge on any atom is -0.507 e. The quantitative estimate of drug-likeness (QED) is 0.651. The van der Waals surface area contributed by atoms with E-state index >= 15 is 0 Å². The molecule has 4 heteroatoms. The largest absolute Gasteiger partial charge is 0.507 e. The highest BCUT2D eigenvalue weighted by Gasteiger charge is 2.59. The molecule has 2 fully saturated rings. The van der Waals surface area contributed by atoms with Crippen molar-refractivity contribution in [3.05, 3.63) is 48.6 Å². The van der Waals surface area contributed by atoms with E-state index in [1.807, 2.05) is 18.2 Å². The van der Waals surface area contributed by atoms with Crippen LogP contribution in [0, 0.1) is 23.7 Å². The molecule has 2 aromatic rings. The lowest BCUT2D eigenvalue weighted by Crippen LogP contribution is -2.33. The fourth-order valence-corrected chi connectivity index (χ4v) is 4.60. The predicted molar refractivity (Wildman–Crippen MR) is 85.8 cm³/mol. The number of carbonyl (C=O) groups excluding carboxylic acids is 2. The number of carbonyl (C=O) groups is 2. The molecule has 1 heterocycles. The van der Waals surface area contributed by atoms with Gasteiger partial charge in [-0.2, -0.15) is 0 Å². The van der Waals surface area contributed by atoms with Crippen molar-refractivity contribution in [1.82, 2.24) is 0 Å². The minimum absolute atomic E-state index is 0.0901. The smallest absolute Gasteiger partial charge is 0.238 e. The lowest BCUT2D eigenvalue weighted by Gasteiger charge is -2.19. The number of phenols is 1. The molecule has 2 bridgehead atoms. The van der Waals surface area contributed by atoms with Crippen molar-refractivity contribution in [3.8, 4) is 5.75 Å². The zero-order chi connectivity index (χ0) is 15.7. The lowest BCUT2D eigenvalue weighted by atomic mass is 9.85. The van der Waals surface area contributed by atoms with Gasteiger partial charge in [-0.3, -0.25) is 9.59 Å². The van der Waals surface area contributed by atoms with Gasteiger partial charge >= 0.3 is 0 Å². The molecule has 23 heavy (non-hydrogen) atoms. The van der Waals surface area contributed by atoms with E-state index in [9.17, 15) is 14.7 Å². The number of hydrogen-bond acceptors (Lipinski definition) is 3. The van der Waals surface area contributed by atoms with Gasteiger partial charge in [-0.1, -0.05) is 36.4 Å². The molecule has 3 aliphatic rings. The van der Waals surface area contributed by atoms with Gasteiger partial charge in [0.25, 0.3) is 0 Å². The van der Waals surface area contributed by atoms with Crippen LogP contribution in [0.2, 0.25) is 0 Å². The number of imide groups is 1. The van der Waals surface area contributed by atoms with Gasteiger partial charge in [0.15, 0.2) is 0 Å². The van der Waals surface area contributed by atoms with Crippen molar-refractivity contribution < 1.29 is 14.7 Å². The van der Waals surface area contributed by atoms with Crippen molar-refractivity contribution in [2.45, 2.75) is 6.42 Å². The van der Waals surface area contributed by atoms with Crippen LogP contribution in [-0.4, -0.2) is 16.9 Å². The Balaban J connectivity index is 1.68. The summed E-state index contributed by atoms with van der Waals surface area (Å²) in [6.07, 6.45) is 5.11. The molecular weight excluding hydrogens is 290 g/mol. The van der Waals surface area contributed by atoms with Crippen molar-refractivity contribution in [2.24, 2.45) is 23.7 Å². The van der Waals surface area contributed by atoms with Crippen LogP contribution >= 0.6 is 0 Å². The topological polar surface area (TPSA) is 57.6 Å². The van der Waals surface area contributed by atoms with Crippen LogP contribution in [0.25, 0.3) is 10.8 Å². The maximum Gasteiger partial charge on any atom is 0.238 e. The van der Waals surface area contributed by atoms with E-state index in [0.717, 1.165) is 11.8 Å². The Bertz CT molecular complexity index is 871. The van der Waals surface area contributed by atoms with E-state index in [0.29, 0.717) is 11.1 Å². The fraction of sp³-hybridized carbons (Fsp3) is 0.263. The lowest BCUT2D eigenvalue weighted by molar-refractivity contribution is -0.123. The van der Waals surface area contributed by atoms with Crippen LogP contribution in [0.3, 0.4) is 0 Å². The van der Waals surface area contributed by atoms with Crippen molar-refractivity contribution >= 4 is 28.3 Å². The molecule has 1 N–H and O–H groups in total. The summed E-state index contributed by atoms with van der Waals surface area (Å²) in [6.45, 7) is 0. The molecule has 1 saturated heterocycles. The first-order valence-electron chi connectivity index (χ1n) is 7.93. The molecule has 4 nitrogen and oxygen atoms in total. The first-order chi connectivity index (χ1) is 11.2.